The van der Waals surface area contributed by atoms with Gasteiger partial charge in [-0.1, -0.05) is 34.6 Å². The Morgan fingerprint density at radius 3 is 2.06 bits per heavy atom. The van der Waals surface area contributed by atoms with Crippen LogP contribution in [0.5, 0.6) is 0 Å². The van der Waals surface area contributed by atoms with Crippen LogP contribution < -0.4 is 10.6 Å². The number of hydrogen-bond acceptors (Lipinski definition) is 1. The van der Waals surface area contributed by atoms with Crippen LogP contribution >= 0.6 is 24.0 Å². The summed E-state index contributed by atoms with van der Waals surface area (Å²) in [6, 6.07) is 0. The number of hydrogen-bond donors (Lipinski definition) is 2. The van der Waals surface area contributed by atoms with E-state index < -0.39 is 0 Å². The topological polar surface area (TPSA) is 36.4 Å². The molecule has 4 heteroatoms. The van der Waals surface area contributed by atoms with Crippen molar-refractivity contribution in [1.82, 2.24) is 10.6 Å². The first-order valence-electron chi connectivity index (χ1n) is 6.29. The molecule has 0 aromatic carbocycles. The Morgan fingerprint density at radius 1 is 1.12 bits per heavy atom. The Hall–Kier alpha value is 0. The SMILES string of the molecule is CN=C(NCCC(C)C)NCCC(C)(C)C.I. The van der Waals surface area contributed by atoms with Crippen molar-refractivity contribution in [2.24, 2.45) is 16.3 Å². The second-order valence-electron chi connectivity index (χ2n) is 5.92. The van der Waals surface area contributed by atoms with E-state index in [4.69, 9.17) is 0 Å². The van der Waals surface area contributed by atoms with E-state index in [-0.39, 0.29) is 24.0 Å². The molecule has 0 aliphatic carbocycles. The lowest BCUT2D eigenvalue weighted by Gasteiger charge is -2.19. The van der Waals surface area contributed by atoms with Crippen LogP contribution in [0.2, 0.25) is 0 Å². The number of rotatable bonds is 5. The van der Waals surface area contributed by atoms with Crippen molar-refractivity contribution in [1.29, 1.82) is 0 Å². The van der Waals surface area contributed by atoms with Gasteiger partial charge in [0, 0.05) is 20.1 Å². The van der Waals surface area contributed by atoms with Crippen molar-refractivity contribution in [2.45, 2.75) is 47.5 Å². The third-order valence-electron chi connectivity index (χ3n) is 2.41. The first kappa shape index (κ1) is 19.3. The van der Waals surface area contributed by atoms with Gasteiger partial charge in [-0.25, -0.2) is 0 Å². The molecule has 0 amide bonds. The molecule has 0 aliphatic rings. The summed E-state index contributed by atoms with van der Waals surface area (Å²) in [6.07, 6.45) is 2.33. The highest BCUT2D eigenvalue weighted by Crippen LogP contribution is 2.16. The van der Waals surface area contributed by atoms with E-state index in [2.05, 4.69) is 50.2 Å². The van der Waals surface area contributed by atoms with E-state index >= 15 is 0 Å². The second kappa shape index (κ2) is 9.97. The number of nitrogens with zero attached hydrogens (tertiary/aromatic N) is 1. The molecule has 0 unspecified atom stereocenters. The molecule has 0 saturated carbocycles. The maximum Gasteiger partial charge on any atom is 0.190 e. The summed E-state index contributed by atoms with van der Waals surface area (Å²) in [5.41, 5.74) is 0.379. The van der Waals surface area contributed by atoms with E-state index in [9.17, 15) is 0 Å². The lowest BCUT2D eigenvalue weighted by atomic mass is 9.92. The van der Waals surface area contributed by atoms with Gasteiger partial charge in [-0.2, -0.15) is 0 Å². The quantitative estimate of drug-likeness (QED) is 0.451. The van der Waals surface area contributed by atoms with Crippen LogP contribution in [-0.4, -0.2) is 26.1 Å². The van der Waals surface area contributed by atoms with E-state index in [0.717, 1.165) is 31.4 Å². The zero-order chi connectivity index (χ0) is 12.6. The van der Waals surface area contributed by atoms with E-state index in [1.54, 1.807) is 0 Å². The molecule has 0 rings (SSSR count). The number of nitrogens with one attached hydrogen (secondary N) is 2. The predicted octanol–water partition coefficient (Wildman–Crippen LogP) is 3.25. The number of aliphatic imine (C=N–C) groups is 1. The molecule has 0 aromatic rings. The van der Waals surface area contributed by atoms with Crippen molar-refractivity contribution in [3.05, 3.63) is 0 Å². The molecule has 0 bridgehead atoms. The highest BCUT2D eigenvalue weighted by Gasteiger charge is 2.09. The van der Waals surface area contributed by atoms with Crippen molar-refractivity contribution in [3.63, 3.8) is 0 Å². The monoisotopic (exact) mass is 355 g/mol. The summed E-state index contributed by atoms with van der Waals surface area (Å²) in [6.45, 7) is 13.2. The van der Waals surface area contributed by atoms with Crippen molar-refractivity contribution >= 4 is 29.9 Å². The summed E-state index contributed by atoms with van der Waals surface area (Å²) in [5, 5.41) is 6.66. The molecule has 0 radical (unpaired) electrons. The van der Waals surface area contributed by atoms with E-state index in [1.165, 1.54) is 6.42 Å². The molecule has 104 valence electrons. The van der Waals surface area contributed by atoms with Crippen LogP contribution in [-0.2, 0) is 0 Å². The molecule has 0 heterocycles. The molecule has 3 nitrogen and oxygen atoms in total. The van der Waals surface area contributed by atoms with Gasteiger partial charge in [0.25, 0.3) is 0 Å². The molecule has 17 heavy (non-hydrogen) atoms. The third kappa shape index (κ3) is 13.9. The third-order valence-corrected chi connectivity index (χ3v) is 2.41. The number of halogens is 1. The average Bonchev–Trinajstić information content (AvgIpc) is 2.13. The maximum atomic E-state index is 4.20. The molecule has 0 spiro atoms. The second-order valence-corrected chi connectivity index (χ2v) is 5.92. The minimum atomic E-state index is 0. The molecule has 0 aromatic heterocycles. The lowest BCUT2D eigenvalue weighted by molar-refractivity contribution is 0.377. The van der Waals surface area contributed by atoms with Gasteiger partial charge < -0.3 is 10.6 Å². The van der Waals surface area contributed by atoms with Crippen LogP contribution in [0.15, 0.2) is 4.99 Å². The maximum absolute atomic E-state index is 4.20. The Labute approximate surface area is 124 Å². The van der Waals surface area contributed by atoms with Gasteiger partial charge in [0.2, 0.25) is 0 Å². The zero-order valence-electron chi connectivity index (χ0n) is 12.3. The van der Waals surface area contributed by atoms with Crippen LogP contribution in [0, 0.1) is 11.3 Å². The fraction of sp³-hybridized carbons (Fsp3) is 0.923. The number of guanidine groups is 1. The summed E-state index contributed by atoms with van der Waals surface area (Å²) in [4.78, 5) is 4.20. The Morgan fingerprint density at radius 2 is 1.65 bits per heavy atom. The van der Waals surface area contributed by atoms with Gasteiger partial charge in [-0.05, 0) is 24.2 Å². The Bertz CT molecular complexity index is 207. The Balaban J connectivity index is 0. The van der Waals surface area contributed by atoms with Crippen molar-refractivity contribution in [3.8, 4) is 0 Å². The van der Waals surface area contributed by atoms with Crippen LogP contribution in [0.1, 0.15) is 47.5 Å². The van der Waals surface area contributed by atoms with Gasteiger partial charge in [0.1, 0.15) is 0 Å². The fourth-order valence-electron chi connectivity index (χ4n) is 1.26. The van der Waals surface area contributed by atoms with Crippen LogP contribution in [0.3, 0.4) is 0 Å². The van der Waals surface area contributed by atoms with Crippen molar-refractivity contribution < 1.29 is 0 Å². The summed E-state index contributed by atoms with van der Waals surface area (Å²) in [7, 11) is 1.82. The predicted molar refractivity (Wildman–Crippen MR) is 88.3 cm³/mol. The minimum Gasteiger partial charge on any atom is -0.356 e. The first-order chi connectivity index (χ1) is 7.35. The van der Waals surface area contributed by atoms with E-state index in [0.29, 0.717) is 5.41 Å². The van der Waals surface area contributed by atoms with Crippen molar-refractivity contribution in [2.75, 3.05) is 20.1 Å². The molecule has 2 N–H and O–H groups in total. The Kier molecular flexibility index (Phi) is 11.3. The largest absolute Gasteiger partial charge is 0.356 e. The molecule has 0 saturated heterocycles. The highest BCUT2D eigenvalue weighted by atomic mass is 127. The van der Waals surface area contributed by atoms with Crippen LogP contribution in [0.25, 0.3) is 0 Å². The summed E-state index contributed by atoms with van der Waals surface area (Å²) in [5.74, 6) is 1.66. The van der Waals surface area contributed by atoms with Gasteiger partial charge in [-0.15, -0.1) is 24.0 Å². The van der Waals surface area contributed by atoms with Gasteiger partial charge in [0.15, 0.2) is 5.96 Å². The molecule has 0 aliphatic heterocycles. The molecule has 0 atom stereocenters. The summed E-state index contributed by atoms with van der Waals surface area (Å²) >= 11 is 0. The zero-order valence-corrected chi connectivity index (χ0v) is 14.6. The van der Waals surface area contributed by atoms with Gasteiger partial charge >= 0.3 is 0 Å². The minimum absolute atomic E-state index is 0. The first-order valence-corrected chi connectivity index (χ1v) is 6.29. The fourth-order valence-corrected chi connectivity index (χ4v) is 1.26. The standard InChI is InChI=1S/C13H29N3.HI/c1-11(2)7-9-15-12(14-6)16-10-8-13(3,4)5;/h11H,7-10H2,1-6H3,(H2,14,15,16);1H. The average molecular weight is 355 g/mol. The lowest BCUT2D eigenvalue weighted by Crippen LogP contribution is -2.39. The molecule has 0 fully saturated rings. The molecular formula is C13H30IN3. The summed E-state index contributed by atoms with van der Waals surface area (Å²) < 4.78 is 0. The van der Waals surface area contributed by atoms with Gasteiger partial charge in [-0.3, -0.25) is 4.99 Å². The normalized spacial score (nSPS) is 12.3. The smallest absolute Gasteiger partial charge is 0.190 e. The van der Waals surface area contributed by atoms with Crippen LogP contribution in [0.4, 0.5) is 0 Å². The molecular weight excluding hydrogens is 325 g/mol. The van der Waals surface area contributed by atoms with Gasteiger partial charge in [0.05, 0.1) is 0 Å². The highest BCUT2D eigenvalue weighted by molar-refractivity contribution is 14.0. The van der Waals surface area contributed by atoms with E-state index in [1.807, 2.05) is 7.05 Å².